The van der Waals surface area contributed by atoms with Crippen molar-refractivity contribution in [3.05, 3.63) is 0 Å². The van der Waals surface area contributed by atoms with Gasteiger partial charge in [-0.05, 0) is 37.0 Å². The molecule has 0 aromatic rings. The number of methoxy groups -OCH3 is 1. The van der Waals surface area contributed by atoms with E-state index in [1.165, 1.54) is 7.11 Å². The van der Waals surface area contributed by atoms with Crippen LogP contribution in [-0.2, 0) is 14.3 Å². The lowest BCUT2D eigenvalue weighted by atomic mass is 9.69. The first-order valence-corrected chi connectivity index (χ1v) is 7.29. The molecular formula is C15H27NO4. The molecule has 1 fully saturated rings. The smallest absolute Gasteiger partial charge is 0.336 e. The zero-order chi connectivity index (χ0) is 15.3. The lowest BCUT2D eigenvalue weighted by molar-refractivity contribution is -0.150. The molecule has 0 saturated heterocycles. The zero-order valence-corrected chi connectivity index (χ0v) is 12.9. The fourth-order valence-electron chi connectivity index (χ4n) is 2.78. The summed E-state index contributed by atoms with van der Waals surface area (Å²) < 4.78 is 4.40. The van der Waals surface area contributed by atoms with E-state index in [0.29, 0.717) is 11.3 Å². The van der Waals surface area contributed by atoms with Gasteiger partial charge in [0.2, 0.25) is 5.91 Å². The van der Waals surface area contributed by atoms with Crippen molar-refractivity contribution in [3.63, 3.8) is 0 Å². The quantitative estimate of drug-likeness (QED) is 0.767. The van der Waals surface area contributed by atoms with Gasteiger partial charge in [-0.2, -0.15) is 0 Å². The molecule has 0 bridgehead atoms. The van der Waals surface area contributed by atoms with E-state index in [1.807, 2.05) is 0 Å². The molecule has 0 aromatic heterocycles. The third kappa shape index (κ3) is 4.78. The first-order valence-electron chi connectivity index (χ1n) is 7.29. The summed E-state index contributed by atoms with van der Waals surface area (Å²) >= 11 is 0. The van der Waals surface area contributed by atoms with Crippen molar-refractivity contribution in [1.29, 1.82) is 0 Å². The van der Waals surface area contributed by atoms with Crippen molar-refractivity contribution >= 4 is 11.9 Å². The third-order valence-electron chi connectivity index (χ3n) is 4.27. The average Bonchev–Trinajstić information content (AvgIpc) is 2.42. The largest absolute Gasteiger partial charge is 0.467 e. The standard InChI is InChI=1S/C15H27NO4/c1-15(2,3)11-7-5-10(6-8-11)13(18)16-9-12(17)14(19)20-4/h10-12,17H,5-9H2,1-4H3,(H,16,18). The van der Waals surface area contributed by atoms with E-state index in [0.717, 1.165) is 25.7 Å². The third-order valence-corrected chi connectivity index (χ3v) is 4.27. The Morgan fingerprint density at radius 1 is 1.25 bits per heavy atom. The summed E-state index contributed by atoms with van der Waals surface area (Å²) in [6.07, 6.45) is 2.58. The molecule has 0 heterocycles. The molecule has 1 aliphatic rings. The van der Waals surface area contributed by atoms with Gasteiger partial charge in [-0.25, -0.2) is 4.79 Å². The maximum Gasteiger partial charge on any atom is 0.336 e. The van der Waals surface area contributed by atoms with Gasteiger partial charge >= 0.3 is 5.97 Å². The van der Waals surface area contributed by atoms with Crippen molar-refractivity contribution in [3.8, 4) is 0 Å². The van der Waals surface area contributed by atoms with E-state index in [9.17, 15) is 14.7 Å². The van der Waals surface area contributed by atoms with E-state index in [1.54, 1.807) is 0 Å². The van der Waals surface area contributed by atoms with Crippen LogP contribution in [0.5, 0.6) is 0 Å². The second-order valence-electron chi connectivity index (χ2n) is 6.70. The maximum absolute atomic E-state index is 12.0. The number of carbonyl (C=O) groups is 2. The number of nitrogens with one attached hydrogen (secondary N) is 1. The number of aliphatic hydroxyl groups is 1. The van der Waals surface area contributed by atoms with Crippen molar-refractivity contribution in [2.24, 2.45) is 17.3 Å². The Bertz CT molecular complexity index is 340. The molecule has 0 radical (unpaired) electrons. The van der Waals surface area contributed by atoms with Gasteiger partial charge in [-0.15, -0.1) is 0 Å². The highest BCUT2D eigenvalue weighted by molar-refractivity contribution is 5.80. The van der Waals surface area contributed by atoms with Gasteiger partial charge in [0.05, 0.1) is 13.7 Å². The molecule has 0 spiro atoms. The Balaban J connectivity index is 2.35. The molecule has 5 nitrogen and oxygen atoms in total. The highest BCUT2D eigenvalue weighted by atomic mass is 16.5. The number of amides is 1. The van der Waals surface area contributed by atoms with E-state index in [2.05, 4.69) is 30.8 Å². The van der Waals surface area contributed by atoms with Gasteiger partial charge in [0.1, 0.15) is 0 Å². The highest BCUT2D eigenvalue weighted by Crippen LogP contribution is 2.39. The number of hydrogen-bond acceptors (Lipinski definition) is 4. The van der Waals surface area contributed by atoms with E-state index < -0.39 is 12.1 Å². The Morgan fingerprint density at radius 3 is 2.25 bits per heavy atom. The second kappa shape index (κ2) is 7.07. The topological polar surface area (TPSA) is 75.6 Å². The molecule has 1 amide bonds. The van der Waals surface area contributed by atoms with Crippen molar-refractivity contribution in [1.82, 2.24) is 5.32 Å². The van der Waals surface area contributed by atoms with E-state index in [4.69, 9.17) is 0 Å². The van der Waals surface area contributed by atoms with Gasteiger partial charge < -0.3 is 15.2 Å². The molecule has 0 aliphatic heterocycles. The molecule has 0 aromatic carbocycles. The van der Waals surface area contributed by atoms with Gasteiger partial charge in [0.25, 0.3) is 0 Å². The minimum absolute atomic E-state index is 0.00144. The fourth-order valence-corrected chi connectivity index (χ4v) is 2.78. The zero-order valence-electron chi connectivity index (χ0n) is 12.9. The molecule has 2 N–H and O–H groups in total. The maximum atomic E-state index is 12.0. The predicted molar refractivity (Wildman–Crippen MR) is 75.9 cm³/mol. The molecule has 1 atom stereocenters. The van der Waals surface area contributed by atoms with Crippen LogP contribution in [0.15, 0.2) is 0 Å². The van der Waals surface area contributed by atoms with Crippen molar-refractivity contribution < 1.29 is 19.4 Å². The summed E-state index contributed by atoms with van der Waals surface area (Å²) in [7, 11) is 1.21. The van der Waals surface area contributed by atoms with Gasteiger partial charge in [-0.1, -0.05) is 20.8 Å². The van der Waals surface area contributed by atoms with Crippen molar-refractivity contribution in [2.45, 2.75) is 52.6 Å². The van der Waals surface area contributed by atoms with Crippen LogP contribution in [0.1, 0.15) is 46.5 Å². The lowest BCUT2D eigenvalue weighted by Gasteiger charge is -2.36. The minimum atomic E-state index is -1.28. The fraction of sp³-hybridized carbons (Fsp3) is 0.867. The summed E-state index contributed by atoms with van der Waals surface area (Å²) in [6.45, 7) is 6.64. The first kappa shape index (κ1) is 17.0. The molecule has 116 valence electrons. The van der Waals surface area contributed by atoms with Crippen LogP contribution in [0.2, 0.25) is 0 Å². The number of esters is 1. The molecule has 1 aliphatic carbocycles. The first-order chi connectivity index (χ1) is 9.25. The van der Waals surface area contributed by atoms with Crippen LogP contribution >= 0.6 is 0 Å². The van der Waals surface area contributed by atoms with Gasteiger partial charge in [0.15, 0.2) is 6.10 Å². The predicted octanol–water partition coefficient (Wildman–Crippen LogP) is 1.49. The SMILES string of the molecule is COC(=O)C(O)CNC(=O)C1CCC(C(C)(C)C)CC1. The van der Waals surface area contributed by atoms with Crippen LogP contribution in [0.25, 0.3) is 0 Å². The minimum Gasteiger partial charge on any atom is -0.467 e. The number of hydrogen-bond donors (Lipinski definition) is 2. The molecule has 5 heteroatoms. The van der Waals surface area contributed by atoms with Crippen LogP contribution in [-0.4, -0.2) is 36.7 Å². The lowest BCUT2D eigenvalue weighted by Crippen LogP contribution is -2.41. The van der Waals surface area contributed by atoms with Crippen molar-refractivity contribution in [2.75, 3.05) is 13.7 Å². The van der Waals surface area contributed by atoms with Gasteiger partial charge in [-0.3, -0.25) is 4.79 Å². The van der Waals surface area contributed by atoms with Crippen LogP contribution in [0.3, 0.4) is 0 Å². The van der Waals surface area contributed by atoms with Crippen LogP contribution in [0, 0.1) is 17.3 Å². The summed E-state index contributed by atoms with van der Waals surface area (Å²) in [5.74, 6) is -0.132. The summed E-state index contributed by atoms with van der Waals surface area (Å²) in [5, 5.41) is 12.1. The average molecular weight is 285 g/mol. The number of aliphatic hydroxyl groups excluding tert-OH is 1. The number of carbonyl (C=O) groups excluding carboxylic acids is 2. The Morgan fingerprint density at radius 2 is 1.80 bits per heavy atom. The monoisotopic (exact) mass is 285 g/mol. The molecule has 20 heavy (non-hydrogen) atoms. The highest BCUT2D eigenvalue weighted by Gasteiger charge is 2.32. The Labute approximate surface area is 121 Å². The normalized spacial score (nSPS) is 24.9. The number of ether oxygens (including phenoxy) is 1. The second-order valence-corrected chi connectivity index (χ2v) is 6.70. The Kier molecular flexibility index (Phi) is 5.99. The molecular weight excluding hydrogens is 258 g/mol. The molecule has 1 saturated carbocycles. The summed E-state index contributed by atoms with van der Waals surface area (Å²) in [5.41, 5.74) is 0.294. The van der Waals surface area contributed by atoms with Crippen LogP contribution < -0.4 is 5.32 Å². The van der Waals surface area contributed by atoms with E-state index in [-0.39, 0.29) is 18.4 Å². The Hall–Kier alpha value is -1.10. The van der Waals surface area contributed by atoms with Gasteiger partial charge in [0, 0.05) is 5.92 Å². The molecule has 1 unspecified atom stereocenters. The summed E-state index contributed by atoms with van der Waals surface area (Å²) in [4.78, 5) is 23.0. The summed E-state index contributed by atoms with van der Waals surface area (Å²) in [6, 6.07) is 0. The molecule has 1 rings (SSSR count). The van der Waals surface area contributed by atoms with Crippen LogP contribution in [0.4, 0.5) is 0 Å². The number of rotatable bonds is 4. The van der Waals surface area contributed by atoms with E-state index >= 15 is 0 Å².